The van der Waals surface area contributed by atoms with E-state index in [-0.39, 0.29) is 24.7 Å². The van der Waals surface area contributed by atoms with Gasteiger partial charge in [0.1, 0.15) is 0 Å². The van der Waals surface area contributed by atoms with Crippen LogP contribution < -0.4 is 9.47 Å². The lowest BCUT2D eigenvalue weighted by molar-refractivity contribution is 0.0992. The van der Waals surface area contributed by atoms with Crippen molar-refractivity contribution in [2.24, 2.45) is 0 Å². The van der Waals surface area contributed by atoms with Crippen molar-refractivity contribution in [3.05, 3.63) is 58.7 Å². The first-order chi connectivity index (χ1) is 12.3. The second-order valence-electron chi connectivity index (χ2n) is 6.74. The van der Waals surface area contributed by atoms with Crippen molar-refractivity contribution in [1.29, 1.82) is 0 Å². The van der Waals surface area contributed by atoms with E-state index in [2.05, 4.69) is 0 Å². The van der Waals surface area contributed by atoms with Gasteiger partial charge in [0.2, 0.25) is 6.79 Å². The van der Waals surface area contributed by atoms with Gasteiger partial charge in [0.05, 0.1) is 11.0 Å². The summed E-state index contributed by atoms with van der Waals surface area (Å²) in [4.78, 5) is 12.6. The van der Waals surface area contributed by atoms with Crippen LogP contribution in [0.15, 0.2) is 36.4 Å². The first-order valence-electron chi connectivity index (χ1n) is 8.49. The minimum atomic E-state index is -3.16. The Morgan fingerprint density at radius 1 is 1.08 bits per heavy atom. The van der Waals surface area contributed by atoms with Crippen LogP contribution >= 0.6 is 0 Å². The predicted molar refractivity (Wildman–Crippen MR) is 99.5 cm³/mol. The molecule has 0 N–H and O–H groups in total. The van der Waals surface area contributed by atoms with Gasteiger partial charge in [0, 0.05) is 12.0 Å². The molecule has 0 fully saturated rings. The normalized spacial score (nSPS) is 13.2. The van der Waals surface area contributed by atoms with Gasteiger partial charge in [-0.3, -0.25) is 4.79 Å². The second-order valence-corrected chi connectivity index (χ2v) is 9.29. The molecule has 0 aromatic heterocycles. The zero-order valence-electron chi connectivity index (χ0n) is 15.1. The van der Waals surface area contributed by atoms with Crippen LogP contribution in [0.2, 0.25) is 0 Å². The topological polar surface area (TPSA) is 69.7 Å². The largest absolute Gasteiger partial charge is 0.454 e. The Morgan fingerprint density at radius 3 is 2.42 bits per heavy atom. The third kappa shape index (κ3) is 3.75. The van der Waals surface area contributed by atoms with Gasteiger partial charge in [-0.25, -0.2) is 8.42 Å². The van der Waals surface area contributed by atoms with E-state index < -0.39 is 15.1 Å². The molecule has 1 heterocycles. The number of hydrogen-bond donors (Lipinski definition) is 0. The zero-order valence-corrected chi connectivity index (χ0v) is 15.9. The molecule has 0 bridgehead atoms. The molecule has 138 valence electrons. The molecular weight excluding hydrogens is 352 g/mol. The van der Waals surface area contributed by atoms with E-state index in [1.165, 1.54) is 0 Å². The molecule has 0 aliphatic carbocycles. The van der Waals surface area contributed by atoms with Crippen molar-refractivity contribution in [2.75, 3.05) is 6.79 Å². The number of sulfone groups is 1. The monoisotopic (exact) mass is 374 g/mol. The summed E-state index contributed by atoms with van der Waals surface area (Å²) < 4.78 is 34.8. The number of benzene rings is 2. The molecule has 0 radical (unpaired) electrons. The summed E-state index contributed by atoms with van der Waals surface area (Å²) in [6.45, 7) is 5.45. The quantitative estimate of drug-likeness (QED) is 0.724. The molecule has 0 saturated carbocycles. The standard InChI is InChI=1S/C20H22O5S/c1-13(2)26(22,23)11-15-4-6-16(7-5-15)18(21)10-17-8-9-19-20(14(17)3)25-12-24-19/h4-9,13H,10-12H2,1-3H3. The van der Waals surface area contributed by atoms with Gasteiger partial charge in [-0.15, -0.1) is 0 Å². The van der Waals surface area contributed by atoms with Crippen LogP contribution in [0.3, 0.4) is 0 Å². The SMILES string of the molecule is Cc1c(CC(=O)c2ccc(CS(=O)(=O)C(C)C)cc2)ccc2c1OCO2. The van der Waals surface area contributed by atoms with Gasteiger partial charge in [-0.1, -0.05) is 30.3 Å². The Labute approximate surface area is 153 Å². The number of carbonyl (C=O) groups is 1. The van der Waals surface area contributed by atoms with E-state index in [0.717, 1.165) is 11.1 Å². The van der Waals surface area contributed by atoms with E-state index in [1.807, 2.05) is 19.1 Å². The first kappa shape index (κ1) is 18.5. The van der Waals surface area contributed by atoms with Crippen LogP contribution in [-0.2, 0) is 22.0 Å². The molecular formula is C20H22O5S. The molecule has 0 unspecified atom stereocenters. The van der Waals surface area contributed by atoms with E-state index in [1.54, 1.807) is 38.1 Å². The Bertz CT molecular complexity index is 927. The maximum atomic E-state index is 12.6. The average Bonchev–Trinajstić information content (AvgIpc) is 3.07. The number of ketones is 1. The van der Waals surface area contributed by atoms with Gasteiger partial charge in [0.15, 0.2) is 27.1 Å². The lowest BCUT2D eigenvalue weighted by atomic mass is 9.98. The van der Waals surface area contributed by atoms with Gasteiger partial charge in [0.25, 0.3) is 0 Å². The van der Waals surface area contributed by atoms with Crippen molar-refractivity contribution < 1.29 is 22.7 Å². The van der Waals surface area contributed by atoms with Crippen molar-refractivity contribution in [2.45, 2.75) is 38.2 Å². The second kappa shape index (κ2) is 7.11. The summed E-state index contributed by atoms with van der Waals surface area (Å²) in [5.41, 5.74) is 3.06. The van der Waals surface area contributed by atoms with Crippen molar-refractivity contribution in [3.63, 3.8) is 0 Å². The fourth-order valence-corrected chi connectivity index (χ4v) is 3.80. The van der Waals surface area contributed by atoms with Crippen LogP contribution in [-0.4, -0.2) is 26.2 Å². The number of rotatable bonds is 6. The van der Waals surface area contributed by atoms with Crippen LogP contribution in [0.5, 0.6) is 11.5 Å². The third-order valence-corrected chi connectivity index (χ3v) is 6.78. The molecule has 3 rings (SSSR count). The summed E-state index contributed by atoms with van der Waals surface area (Å²) in [6, 6.07) is 10.5. The van der Waals surface area contributed by atoms with E-state index in [9.17, 15) is 13.2 Å². The summed E-state index contributed by atoms with van der Waals surface area (Å²) in [5.74, 6) is 1.37. The number of Topliss-reactive ketones (excluding diaryl/α,β-unsaturated/α-hetero) is 1. The van der Waals surface area contributed by atoms with Gasteiger partial charge in [-0.2, -0.15) is 0 Å². The highest BCUT2D eigenvalue weighted by molar-refractivity contribution is 7.91. The molecule has 0 saturated heterocycles. The lowest BCUT2D eigenvalue weighted by Gasteiger charge is -2.10. The van der Waals surface area contributed by atoms with Crippen LogP contribution in [0.4, 0.5) is 0 Å². The van der Waals surface area contributed by atoms with Gasteiger partial charge < -0.3 is 9.47 Å². The van der Waals surface area contributed by atoms with Crippen molar-refractivity contribution >= 4 is 15.6 Å². The molecule has 2 aromatic carbocycles. The molecule has 0 spiro atoms. The predicted octanol–water partition coefficient (Wildman–Crippen LogP) is 3.47. The summed E-state index contributed by atoms with van der Waals surface area (Å²) >= 11 is 0. The minimum absolute atomic E-state index is 0.0135. The molecule has 5 nitrogen and oxygen atoms in total. The van der Waals surface area contributed by atoms with Crippen LogP contribution in [0.1, 0.15) is 40.9 Å². The molecule has 2 aromatic rings. The highest BCUT2D eigenvalue weighted by Crippen LogP contribution is 2.37. The highest BCUT2D eigenvalue weighted by Gasteiger charge is 2.20. The molecule has 0 atom stereocenters. The highest BCUT2D eigenvalue weighted by atomic mass is 32.2. The smallest absolute Gasteiger partial charge is 0.231 e. The van der Waals surface area contributed by atoms with Crippen molar-refractivity contribution in [3.8, 4) is 11.5 Å². The number of fused-ring (bicyclic) bond motifs is 1. The Morgan fingerprint density at radius 2 is 1.77 bits per heavy atom. The lowest BCUT2D eigenvalue weighted by Crippen LogP contribution is -2.16. The molecule has 6 heteroatoms. The summed E-state index contributed by atoms with van der Waals surface area (Å²) in [6.07, 6.45) is 0.256. The third-order valence-electron chi connectivity index (χ3n) is 4.61. The van der Waals surface area contributed by atoms with E-state index in [4.69, 9.17) is 9.47 Å². The average molecular weight is 374 g/mol. The number of hydrogen-bond acceptors (Lipinski definition) is 5. The van der Waals surface area contributed by atoms with E-state index in [0.29, 0.717) is 22.6 Å². The maximum Gasteiger partial charge on any atom is 0.231 e. The molecule has 26 heavy (non-hydrogen) atoms. The Hall–Kier alpha value is -2.34. The Balaban J connectivity index is 1.73. The molecule has 1 aliphatic heterocycles. The minimum Gasteiger partial charge on any atom is -0.454 e. The first-order valence-corrected chi connectivity index (χ1v) is 10.2. The number of ether oxygens (including phenoxy) is 2. The zero-order chi connectivity index (χ0) is 18.9. The van der Waals surface area contributed by atoms with Crippen LogP contribution in [0, 0.1) is 6.92 Å². The van der Waals surface area contributed by atoms with Crippen molar-refractivity contribution in [1.82, 2.24) is 0 Å². The molecule has 0 amide bonds. The van der Waals surface area contributed by atoms with Gasteiger partial charge >= 0.3 is 0 Å². The fraction of sp³-hybridized carbons (Fsp3) is 0.350. The summed E-state index contributed by atoms with van der Waals surface area (Å²) in [7, 11) is -3.16. The fourth-order valence-electron chi connectivity index (χ4n) is 2.80. The maximum absolute atomic E-state index is 12.6. The molecule has 1 aliphatic rings. The van der Waals surface area contributed by atoms with E-state index >= 15 is 0 Å². The number of carbonyl (C=O) groups excluding carboxylic acids is 1. The van der Waals surface area contributed by atoms with Gasteiger partial charge in [-0.05, 0) is 43.5 Å². The summed E-state index contributed by atoms with van der Waals surface area (Å²) in [5, 5.41) is -0.419. The Kier molecular flexibility index (Phi) is 5.05. The van der Waals surface area contributed by atoms with Crippen LogP contribution in [0.25, 0.3) is 0 Å².